The summed E-state index contributed by atoms with van der Waals surface area (Å²) in [6, 6.07) is 1.49. The van der Waals surface area contributed by atoms with E-state index in [0.29, 0.717) is 61.2 Å². The Bertz CT molecular complexity index is 1170. The van der Waals surface area contributed by atoms with E-state index in [4.69, 9.17) is 17.3 Å². The Morgan fingerprint density at radius 2 is 1.97 bits per heavy atom. The van der Waals surface area contributed by atoms with Gasteiger partial charge in [0.1, 0.15) is 18.1 Å². The minimum absolute atomic E-state index is 0.153. The third-order valence-electron chi connectivity index (χ3n) is 6.67. The predicted octanol–water partition coefficient (Wildman–Crippen LogP) is 0.999. The molecule has 3 aliphatic heterocycles. The zero-order chi connectivity index (χ0) is 25.9. The number of piperidine rings is 1. The molecule has 0 aliphatic carbocycles. The van der Waals surface area contributed by atoms with Gasteiger partial charge in [-0.3, -0.25) is 19.3 Å². The molecule has 1 aromatic heterocycles. The third-order valence-corrected chi connectivity index (χ3v) is 8.97. The lowest BCUT2D eigenvalue weighted by Gasteiger charge is -2.35. The van der Waals surface area contributed by atoms with E-state index >= 15 is 0 Å². The molecule has 196 valence electrons. The quantitative estimate of drug-likeness (QED) is 0.437. The number of hydrogen-bond donors (Lipinski definition) is 2. The van der Waals surface area contributed by atoms with Crippen molar-refractivity contribution < 1.29 is 22.8 Å². The van der Waals surface area contributed by atoms with E-state index in [1.165, 1.54) is 17.4 Å². The zero-order valence-corrected chi connectivity index (χ0v) is 22.1. The molecule has 0 spiro atoms. The Morgan fingerprint density at radius 1 is 1.19 bits per heavy atom. The monoisotopic (exact) mass is 555 g/mol. The molecule has 4 heterocycles. The number of likely N-dealkylation sites (tertiary alicyclic amines) is 2. The van der Waals surface area contributed by atoms with Crippen molar-refractivity contribution in [2.75, 3.05) is 32.7 Å². The van der Waals surface area contributed by atoms with E-state index in [2.05, 4.69) is 4.72 Å². The highest BCUT2D eigenvalue weighted by molar-refractivity contribution is 7.92. The largest absolute Gasteiger partial charge is 0.368 e. The second kappa shape index (κ2) is 11.4. The number of rotatable bonds is 9. The van der Waals surface area contributed by atoms with E-state index < -0.39 is 34.1 Å². The van der Waals surface area contributed by atoms with Gasteiger partial charge in [-0.1, -0.05) is 23.8 Å². The Morgan fingerprint density at radius 3 is 2.69 bits per heavy atom. The molecule has 1 aromatic rings. The van der Waals surface area contributed by atoms with Gasteiger partial charge in [-0.15, -0.1) is 11.3 Å². The number of carbonyl (C=O) groups is 3. The smallest absolute Gasteiger partial charge is 0.244 e. The zero-order valence-electron chi connectivity index (χ0n) is 19.7. The van der Waals surface area contributed by atoms with Crippen LogP contribution >= 0.6 is 22.9 Å². The maximum absolute atomic E-state index is 13.1. The summed E-state index contributed by atoms with van der Waals surface area (Å²) in [4.78, 5) is 43.7. The average molecular weight is 556 g/mol. The average Bonchev–Trinajstić information content (AvgIpc) is 3.58. The molecule has 3 amide bonds. The fourth-order valence-corrected chi connectivity index (χ4v) is 6.93. The number of nitrogens with one attached hydrogen (secondary N) is 1. The lowest BCUT2D eigenvalue weighted by atomic mass is 10.1. The molecule has 0 bridgehead atoms. The van der Waals surface area contributed by atoms with Crippen LogP contribution in [-0.4, -0.2) is 91.7 Å². The van der Waals surface area contributed by atoms with Gasteiger partial charge in [-0.25, -0.2) is 8.42 Å². The number of carbonyl (C=O) groups excluding carboxylic acids is 3. The van der Waals surface area contributed by atoms with Crippen molar-refractivity contribution in [1.82, 2.24) is 19.4 Å². The van der Waals surface area contributed by atoms with Crippen LogP contribution in [0.4, 0.5) is 0 Å². The van der Waals surface area contributed by atoms with Gasteiger partial charge in [-0.05, 0) is 43.9 Å². The fraction of sp³-hybridized carbons (Fsp3) is 0.522. The molecule has 3 N–H and O–H groups in total. The first-order valence-electron chi connectivity index (χ1n) is 11.9. The van der Waals surface area contributed by atoms with Crippen LogP contribution in [0.25, 0.3) is 6.08 Å². The Kier molecular flexibility index (Phi) is 8.51. The van der Waals surface area contributed by atoms with Crippen LogP contribution in [0.3, 0.4) is 0 Å². The van der Waals surface area contributed by atoms with E-state index in [-0.39, 0.29) is 11.8 Å². The van der Waals surface area contributed by atoms with Gasteiger partial charge in [0.15, 0.2) is 0 Å². The highest BCUT2D eigenvalue weighted by Gasteiger charge is 2.39. The Labute approximate surface area is 219 Å². The molecule has 36 heavy (non-hydrogen) atoms. The molecule has 2 saturated heterocycles. The molecule has 0 saturated carbocycles. The molecule has 3 aliphatic rings. The number of nitrogens with zero attached hydrogens (tertiary/aromatic N) is 3. The number of amides is 3. The number of hydrogen-bond acceptors (Lipinski definition) is 7. The summed E-state index contributed by atoms with van der Waals surface area (Å²) in [6.07, 6.45) is 7.57. The SMILES string of the molecule is NC(=O)[C@H]1CCCN1C(=O)[C@@H]1C=CCN1CCN1CCC[C@H](NS(=O)(=O)/C=C/c2ccc(Cl)s2)C1=O. The third kappa shape index (κ3) is 6.35. The van der Waals surface area contributed by atoms with E-state index in [9.17, 15) is 22.8 Å². The van der Waals surface area contributed by atoms with Crippen molar-refractivity contribution in [3.05, 3.63) is 38.9 Å². The van der Waals surface area contributed by atoms with Gasteiger partial charge in [0.25, 0.3) is 0 Å². The van der Waals surface area contributed by atoms with Gasteiger partial charge in [0, 0.05) is 43.0 Å². The minimum Gasteiger partial charge on any atom is -0.368 e. The Balaban J connectivity index is 1.32. The topological polar surface area (TPSA) is 133 Å². The van der Waals surface area contributed by atoms with Crippen molar-refractivity contribution in [1.29, 1.82) is 0 Å². The molecule has 0 unspecified atom stereocenters. The predicted molar refractivity (Wildman–Crippen MR) is 138 cm³/mol. The summed E-state index contributed by atoms with van der Waals surface area (Å²) < 4.78 is 28.1. The number of halogens is 1. The van der Waals surface area contributed by atoms with Crippen LogP contribution < -0.4 is 10.5 Å². The van der Waals surface area contributed by atoms with Crippen molar-refractivity contribution in [2.24, 2.45) is 5.73 Å². The van der Waals surface area contributed by atoms with Crippen LogP contribution in [0, 0.1) is 0 Å². The summed E-state index contributed by atoms with van der Waals surface area (Å²) in [6.45, 7) is 2.40. The molecular weight excluding hydrogens is 526 g/mol. The van der Waals surface area contributed by atoms with Gasteiger partial charge in [0.05, 0.1) is 4.34 Å². The number of nitrogens with two attached hydrogens (primary N) is 1. The highest BCUT2D eigenvalue weighted by Crippen LogP contribution is 2.24. The number of thiophene rings is 1. The molecule has 0 radical (unpaired) electrons. The van der Waals surface area contributed by atoms with Crippen LogP contribution in [0.5, 0.6) is 0 Å². The molecule has 4 rings (SSSR count). The number of sulfonamides is 1. The van der Waals surface area contributed by atoms with Crippen LogP contribution in [0.15, 0.2) is 29.7 Å². The molecule has 10 nitrogen and oxygen atoms in total. The summed E-state index contributed by atoms with van der Waals surface area (Å²) >= 11 is 7.14. The molecule has 2 fully saturated rings. The molecular formula is C23H30ClN5O5S2. The van der Waals surface area contributed by atoms with Crippen LogP contribution in [-0.2, 0) is 24.4 Å². The van der Waals surface area contributed by atoms with E-state index in [0.717, 1.165) is 11.8 Å². The minimum atomic E-state index is -3.82. The summed E-state index contributed by atoms with van der Waals surface area (Å²) in [5.41, 5.74) is 5.47. The second-order valence-electron chi connectivity index (χ2n) is 9.09. The summed E-state index contributed by atoms with van der Waals surface area (Å²) in [5.74, 6) is -0.920. The first-order chi connectivity index (χ1) is 17.1. The van der Waals surface area contributed by atoms with Crippen molar-refractivity contribution >= 4 is 56.8 Å². The van der Waals surface area contributed by atoms with E-state index in [1.54, 1.807) is 21.9 Å². The van der Waals surface area contributed by atoms with Crippen molar-refractivity contribution in [2.45, 2.75) is 43.8 Å². The molecule has 3 atom stereocenters. The van der Waals surface area contributed by atoms with Crippen LogP contribution in [0.2, 0.25) is 4.34 Å². The fourth-order valence-electron chi connectivity index (χ4n) is 4.86. The number of primary amides is 1. The van der Waals surface area contributed by atoms with Gasteiger partial charge < -0.3 is 15.5 Å². The first-order valence-corrected chi connectivity index (χ1v) is 14.6. The van der Waals surface area contributed by atoms with Gasteiger partial charge in [-0.2, -0.15) is 4.72 Å². The normalized spacial score (nSPS) is 25.4. The maximum atomic E-state index is 13.1. The highest BCUT2D eigenvalue weighted by atomic mass is 35.5. The summed E-state index contributed by atoms with van der Waals surface area (Å²) in [5, 5.41) is 1.05. The first kappa shape index (κ1) is 26.8. The maximum Gasteiger partial charge on any atom is 0.244 e. The summed E-state index contributed by atoms with van der Waals surface area (Å²) in [7, 11) is -3.82. The van der Waals surface area contributed by atoms with Crippen molar-refractivity contribution in [3.63, 3.8) is 0 Å². The van der Waals surface area contributed by atoms with E-state index in [1.807, 2.05) is 17.1 Å². The van der Waals surface area contributed by atoms with Crippen molar-refractivity contribution in [3.8, 4) is 0 Å². The Hall–Kier alpha value is -2.25. The van der Waals surface area contributed by atoms with Crippen LogP contribution in [0.1, 0.15) is 30.6 Å². The molecule has 0 aromatic carbocycles. The lowest BCUT2D eigenvalue weighted by Crippen LogP contribution is -2.55. The molecule has 13 heteroatoms. The van der Waals surface area contributed by atoms with Gasteiger partial charge >= 0.3 is 0 Å². The lowest BCUT2D eigenvalue weighted by molar-refractivity contribution is -0.140. The van der Waals surface area contributed by atoms with Gasteiger partial charge in [0.2, 0.25) is 27.7 Å². The standard InChI is InChI=1S/C23H30ClN5O5S2/c24-20-8-7-16(35-20)9-15-36(33,34)26-17-4-1-11-28(22(17)31)14-13-27-10-2-6-19(27)23(32)29-12-3-5-18(29)21(25)30/h2,6-9,15,17-19,26H,1,3-5,10-14H2,(H2,25,30)/b15-9+/t17-,18+,19-/m0/s1. The second-order valence-corrected chi connectivity index (χ2v) is 12.4.